The molecule has 35 heavy (non-hydrogen) atoms. The van der Waals surface area contributed by atoms with Crippen molar-refractivity contribution in [2.24, 2.45) is 7.05 Å². The number of nitrogens with two attached hydrogens (primary N) is 1. The van der Waals surface area contributed by atoms with Gasteiger partial charge in [0, 0.05) is 61.7 Å². The van der Waals surface area contributed by atoms with Crippen LogP contribution in [-0.2, 0) is 7.05 Å². The predicted octanol–water partition coefficient (Wildman–Crippen LogP) is 3.60. The average molecular weight is 474 g/mol. The number of aromatic nitrogens is 3. The van der Waals surface area contributed by atoms with Crippen LogP contribution in [0.5, 0.6) is 5.75 Å². The minimum absolute atomic E-state index is 0.164. The molecule has 0 atom stereocenters. The van der Waals surface area contributed by atoms with E-state index in [-0.39, 0.29) is 5.91 Å². The van der Waals surface area contributed by atoms with Crippen LogP contribution in [0.15, 0.2) is 54.9 Å². The van der Waals surface area contributed by atoms with Crippen molar-refractivity contribution in [2.45, 2.75) is 0 Å². The second-order valence-corrected chi connectivity index (χ2v) is 8.73. The number of carbonyl (C=O) groups excluding carboxylic acids is 1. The first-order valence-corrected chi connectivity index (χ1v) is 11.3. The van der Waals surface area contributed by atoms with Crippen LogP contribution >= 0.6 is 0 Å². The molecule has 0 radical (unpaired) electrons. The zero-order valence-electron chi connectivity index (χ0n) is 20.7. The second-order valence-electron chi connectivity index (χ2n) is 8.73. The third-order valence-electron chi connectivity index (χ3n) is 5.91. The number of fused-ring (bicyclic) bond motifs is 1. The number of nitrogen functional groups attached to an aromatic ring is 1. The summed E-state index contributed by atoms with van der Waals surface area (Å²) in [6.07, 6.45) is 3.77. The first kappa shape index (κ1) is 24.0. The fraction of sp³-hybridized carbons (Fsp3) is 0.269. The molecule has 0 aliphatic rings. The molecular weight excluding hydrogens is 442 g/mol. The minimum atomic E-state index is -0.164. The summed E-state index contributed by atoms with van der Waals surface area (Å²) in [6, 6.07) is 13.4. The van der Waals surface area contributed by atoms with Crippen LogP contribution in [0.3, 0.4) is 0 Å². The van der Waals surface area contributed by atoms with Crippen molar-refractivity contribution in [3.8, 4) is 17.0 Å². The van der Waals surface area contributed by atoms with Gasteiger partial charge in [0.15, 0.2) is 0 Å². The highest BCUT2D eigenvalue weighted by atomic mass is 16.5. The number of ether oxygens (including phenoxy) is 1. The molecule has 182 valence electrons. The minimum Gasteiger partial charge on any atom is -0.495 e. The van der Waals surface area contributed by atoms with E-state index in [0.717, 1.165) is 28.7 Å². The van der Waals surface area contributed by atoms with Gasteiger partial charge in [-0.1, -0.05) is 18.2 Å². The summed E-state index contributed by atoms with van der Waals surface area (Å²) in [5.41, 5.74) is 10.5. The summed E-state index contributed by atoms with van der Waals surface area (Å²) in [4.78, 5) is 25.7. The molecule has 0 saturated carbocycles. The Hall–Kier alpha value is -4.11. The van der Waals surface area contributed by atoms with Gasteiger partial charge in [0.25, 0.3) is 5.91 Å². The van der Waals surface area contributed by atoms with E-state index in [1.807, 2.05) is 44.2 Å². The van der Waals surface area contributed by atoms with E-state index in [9.17, 15) is 4.79 Å². The van der Waals surface area contributed by atoms with Gasteiger partial charge in [-0.15, -0.1) is 0 Å². The number of anilines is 3. The van der Waals surface area contributed by atoms with Gasteiger partial charge in [-0.3, -0.25) is 4.79 Å². The van der Waals surface area contributed by atoms with E-state index in [0.29, 0.717) is 35.2 Å². The standard InChI is InChI=1S/C26H31N7O2/c1-31(2)12-13-32(3)25(34)18-14-24(35-5)22(15-20(18)27)30-26-28-11-10-21(29-26)19-16-33(4)23-9-7-6-8-17(19)23/h6-11,14-16H,12-13,27H2,1-5H3,(H,28,29,30). The van der Waals surface area contributed by atoms with E-state index in [1.54, 1.807) is 37.4 Å². The highest BCUT2D eigenvalue weighted by Gasteiger charge is 2.19. The summed E-state index contributed by atoms with van der Waals surface area (Å²) in [5, 5.41) is 4.31. The first-order valence-electron chi connectivity index (χ1n) is 11.3. The molecule has 1 amide bonds. The quantitative estimate of drug-likeness (QED) is 0.377. The molecule has 3 N–H and O–H groups in total. The highest BCUT2D eigenvalue weighted by Crippen LogP contribution is 2.33. The highest BCUT2D eigenvalue weighted by molar-refractivity contribution is 6.00. The number of likely N-dealkylation sites (N-methyl/N-ethyl adjacent to an activating group) is 2. The number of rotatable bonds is 8. The molecule has 2 heterocycles. The maximum atomic E-state index is 13.0. The Bertz CT molecular complexity index is 1360. The third-order valence-corrected chi connectivity index (χ3v) is 5.91. The normalized spacial score (nSPS) is 11.1. The lowest BCUT2D eigenvalue weighted by atomic mass is 10.1. The molecule has 0 spiro atoms. The number of methoxy groups -OCH3 is 1. The third kappa shape index (κ3) is 5.04. The van der Waals surface area contributed by atoms with Gasteiger partial charge in [0.2, 0.25) is 5.95 Å². The van der Waals surface area contributed by atoms with Gasteiger partial charge in [-0.25, -0.2) is 9.97 Å². The Morgan fingerprint density at radius 3 is 2.66 bits per heavy atom. The summed E-state index contributed by atoms with van der Waals surface area (Å²) < 4.78 is 7.64. The first-order chi connectivity index (χ1) is 16.8. The van der Waals surface area contributed by atoms with Crippen LogP contribution in [0.25, 0.3) is 22.2 Å². The molecule has 9 heteroatoms. The van der Waals surface area contributed by atoms with E-state index in [1.165, 1.54) is 0 Å². The molecule has 4 aromatic rings. The summed E-state index contributed by atoms with van der Waals surface area (Å²) >= 11 is 0. The van der Waals surface area contributed by atoms with E-state index in [2.05, 4.69) is 33.2 Å². The summed E-state index contributed by atoms with van der Waals surface area (Å²) in [6.45, 7) is 1.34. The Labute approximate surface area is 205 Å². The Kier molecular flexibility index (Phi) is 6.88. The summed E-state index contributed by atoms with van der Waals surface area (Å²) in [7, 11) is 9.26. The lowest BCUT2D eigenvalue weighted by molar-refractivity contribution is 0.0787. The number of hydrogen-bond donors (Lipinski definition) is 2. The topological polar surface area (TPSA) is 102 Å². The summed E-state index contributed by atoms with van der Waals surface area (Å²) in [5.74, 6) is 0.710. The van der Waals surface area contributed by atoms with Crippen LogP contribution in [-0.4, -0.2) is 71.6 Å². The van der Waals surface area contributed by atoms with Crippen molar-refractivity contribution >= 4 is 34.1 Å². The molecule has 0 fully saturated rings. The molecule has 0 aliphatic heterocycles. The molecule has 2 aromatic heterocycles. The smallest absolute Gasteiger partial charge is 0.255 e. The Balaban J connectivity index is 1.62. The van der Waals surface area contributed by atoms with Crippen molar-refractivity contribution in [2.75, 3.05) is 52.4 Å². The van der Waals surface area contributed by atoms with Gasteiger partial charge < -0.3 is 30.2 Å². The Morgan fingerprint density at radius 2 is 1.91 bits per heavy atom. The van der Waals surface area contributed by atoms with Crippen LogP contribution in [0.1, 0.15) is 10.4 Å². The van der Waals surface area contributed by atoms with Gasteiger partial charge in [-0.2, -0.15) is 0 Å². The SMILES string of the molecule is COc1cc(C(=O)N(C)CCN(C)C)c(N)cc1Nc1nccc(-c2cn(C)c3ccccc23)n1. The molecule has 4 rings (SSSR count). The van der Waals surface area contributed by atoms with Crippen molar-refractivity contribution in [3.63, 3.8) is 0 Å². The van der Waals surface area contributed by atoms with Crippen molar-refractivity contribution in [3.05, 3.63) is 60.4 Å². The maximum Gasteiger partial charge on any atom is 0.255 e. The number of amides is 1. The van der Waals surface area contributed by atoms with E-state index >= 15 is 0 Å². The fourth-order valence-corrected chi connectivity index (χ4v) is 3.94. The van der Waals surface area contributed by atoms with Crippen molar-refractivity contribution in [1.82, 2.24) is 24.3 Å². The van der Waals surface area contributed by atoms with Crippen LogP contribution < -0.4 is 15.8 Å². The van der Waals surface area contributed by atoms with Crippen molar-refractivity contribution in [1.29, 1.82) is 0 Å². The molecule has 0 unspecified atom stereocenters. The number of nitrogens with one attached hydrogen (secondary N) is 1. The number of benzene rings is 2. The van der Waals surface area contributed by atoms with Gasteiger partial charge in [0.05, 0.1) is 24.1 Å². The van der Waals surface area contributed by atoms with Crippen LogP contribution in [0, 0.1) is 0 Å². The molecule has 0 aliphatic carbocycles. The maximum absolute atomic E-state index is 13.0. The molecule has 0 saturated heterocycles. The van der Waals surface area contributed by atoms with Gasteiger partial charge in [-0.05, 0) is 38.4 Å². The number of carbonyl (C=O) groups is 1. The van der Waals surface area contributed by atoms with Gasteiger partial charge >= 0.3 is 0 Å². The largest absolute Gasteiger partial charge is 0.495 e. The Morgan fingerprint density at radius 1 is 1.14 bits per heavy atom. The molecular formula is C26H31N7O2. The lowest BCUT2D eigenvalue weighted by Crippen LogP contribution is -2.33. The van der Waals surface area contributed by atoms with Crippen molar-refractivity contribution < 1.29 is 9.53 Å². The molecule has 2 aromatic carbocycles. The fourth-order valence-electron chi connectivity index (χ4n) is 3.94. The van der Waals surface area contributed by atoms with Crippen LogP contribution in [0.2, 0.25) is 0 Å². The number of hydrogen-bond acceptors (Lipinski definition) is 7. The monoisotopic (exact) mass is 473 g/mol. The van der Waals surface area contributed by atoms with E-state index in [4.69, 9.17) is 15.5 Å². The zero-order chi connectivity index (χ0) is 25.1. The number of aryl methyl sites for hydroxylation is 1. The lowest BCUT2D eigenvalue weighted by Gasteiger charge is -2.21. The van der Waals surface area contributed by atoms with Crippen LogP contribution in [0.4, 0.5) is 17.3 Å². The van der Waals surface area contributed by atoms with E-state index < -0.39 is 0 Å². The van der Waals surface area contributed by atoms with Gasteiger partial charge in [0.1, 0.15) is 5.75 Å². The zero-order valence-corrected chi connectivity index (χ0v) is 20.7. The average Bonchev–Trinajstić information content (AvgIpc) is 3.19. The predicted molar refractivity (Wildman–Crippen MR) is 140 cm³/mol. The number of para-hydroxylation sites is 1. The molecule has 9 nitrogen and oxygen atoms in total. The number of nitrogens with zero attached hydrogens (tertiary/aromatic N) is 5. The molecule has 0 bridgehead atoms. The second kappa shape index (κ2) is 10.0.